The van der Waals surface area contributed by atoms with Gasteiger partial charge in [0.15, 0.2) is 16.3 Å². The molecule has 0 amide bonds. The van der Waals surface area contributed by atoms with E-state index in [4.69, 9.17) is 18.9 Å². The highest BCUT2D eigenvalue weighted by Gasteiger charge is 2.36. The fourth-order valence-corrected chi connectivity index (χ4v) is 6.12. The first-order valence-corrected chi connectivity index (χ1v) is 14.9. The maximum atomic E-state index is 14.0. The molecule has 0 bridgehead atoms. The van der Waals surface area contributed by atoms with Crippen LogP contribution in [-0.4, -0.2) is 30.9 Å². The Balaban J connectivity index is 1.56. The van der Waals surface area contributed by atoms with E-state index in [-0.39, 0.29) is 17.7 Å². The second-order valence-electron chi connectivity index (χ2n) is 9.96. The Kier molecular flexibility index (Phi) is 9.11. The van der Waals surface area contributed by atoms with Crippen molar-refractivity contribution in [1.82, 2.24) is 4.57 Å². The summed E-state index contributed by atoms with van der Waals surface area (Å²) in [5.74, 6) is 1.17. The zero-order valence-electron chi connectivity index (χ0n) is 24.9. The fraction of sp³-hybridized carbons (Fsp3) is 0.265. The van der Waals surface area contributed by atoms with Gasteiger partial charge in [-0.2, -0.15) is 0 Å². The summed E-state index contributed by atoms with van der Waals surface area (Å²) in [5, 5.41) is 0. The number of allylic oxidation sites excluding steroid dienone is 1. The van der Waals surface area contributed by atoms with Crippen molar-refractivity contribution in [1.29, 1.82) is 0 Å². The number of carbonyl (C=O) groups is 1. The zero-order valence-corrected chi connectivity index (χ0v) is 25.7. The van der Waals surface area contributed by atoms with Crippen LogP contribution in [0.15, 0.2) is 87.8 Å². The number of rotatable bonds is 10. The van der Waals surface area contributed by atoms with Crippen LogP contribution < -0.4 is 29.1 Å². The summed E-state index contributed by atoms with van der Waals surface area (Å²) in [4.78, 5) is 32.5. The van der Waals surface area contributed by atoms with Crippen LogP contribution in [0.25, 0.3) is 6.08 Å². The van der Waals surface area contributed by atoms with Crippen molar-refractivity contribution < 1.29 is 23.7 Å². The largest absolute Gasteiger partial charge is 0.493 e. The predicted molar refractivity (Wildman–Crippen MR) is 167 cm³/mol. The molecule has 1 aliphatic rings. The predicted octanol–water partition coefficient (Wildman–Crippen LogP) is 5.09. The Morgan fingerprint density at radius 1 is 1.00 bits per heavy atom. The van der Waals surface area contributed by atoms with Gasteiger partial charge >= 0.3 is 5.97 Å². The Labute approximate surface area is 254 Å². The number of nitrogens with zero attached hydrogens (tertiary/aromatic N) is 2. The number of hydrogen-bond acceptors (Lipinski definition) is 8. The number of fused-ring (bicyclic) bond motifs is 1. The van der Waals surface area contributed by atoms with Crippen LogP contribution in [0.1, 0.15) is 49.1 Å². The van der Waals surface area contributed by atoms with Crippen LogP contribution in [0.5, 0.6) is 17.2 Å². The highest BCUT2D eigenvalue weighted by Crippen LogP contribution is 2.40. The Morgan fingerprint density at radius 2 is 1.77 bits per heavy atom. The molecule has 4 aromatic rings. The zero-order chi connectivity index (χ0) is 30.5. The van der Waals surface area contributed by atoms with Crippen molar-refractivity contribution in [2.24, 2.45) is 4.99 Å². The van der Waals surface area contributed by atoms with Crippen LogP contribution in [0, 0.1) is 6.92 Å². The molecule has 2 heterocycles. The van der Waals surface area contributed by atoms with E-state index in [0.717, 1.165) is 16.9 Å². The number of benzene rings is 3. The molecule has 1 aliphatic heterocycles. The summed E-state index contributed by atoms with van der Waals surface area (Å²) >= 11 is 1.27. The van der Waals surface area contributed by atoms with E-state index in [0.29, 0.717) is 45.3 Å². The number of para-hydroxylation sites is 1. The number of aryl methyl sites for hydroxylation is 1. The second-order valence-corrected chi connectivity index (χ2v) is 11.0. The normalized spacial score (nSPS) is 14.6. The molecular weight excluding hydrogens is 564 g/mol. The van der Waals surface area contributed by atoms with Gasteiger partial charge in [-0.1, -0.05) is 65.4 Å². The topological polar surface area (TPSA) is 88.4 Å². The standard InChI is InChI=1S/C34H34N2O6S/c1-6-40-31-26(12-9-13-27(31)39-5)30-29(33(38)41-7-2)22(4)35-34-36(30)32(37)28(43-34)19-23-14-16-25(17-15-23)42-20-24-11-8-10-21(3)18-24/h8-19,30H,6-7,20H2,1-5H3/b28-19+/t30-/m0/s1. The van der Waals surface area contributed by atoms with Crippen LogP contribution in [0.3, 0.4) is 0 Å². The maximum absolute atomic E-state index is 14.0. The lowest BCUT2D eigenvalue weighted by molar-refractivity contribution is -0.139. The van der Waals surface area contributed by atoms with E-state index in [1.165, 1.54) is 16.9 Å². The highest BCUT2D eigenvalue weighted by atomic mass is 32.1. The van der Waals surface area contributed by atoms with Crippen molar-refractivity contribution >= 4 is 23.4 Å². The molecule has 9 heteroatoms. The van der Waals surface area contributed by atoms with Gasteiger partial charge in [0.25, 0.3) is 5.56 Å². The van der Waals surface area contributed by atoms with E-state index in [1.54, 1.807) is 31.6 Å². The molecule has 0 saturated heterocycles. The van der Waals surface area contributed by atoms with Crippen LogP contribution in [0.4, 0.5) is 0 Å². The Hall–Kier alpha value is -4.63. The average Bonchev–Trinajstić information content (AvgIpc) is 3.30. The van der Waals surface area contributed by atoms with E-state index < -0.39 is 12.0 Å². The molecule has 0 aliphatic carbocycles. The first-order chi connectivity index (χ1) is 20.8. The van der Waals surface area contributed by atoms with Crippen molar-refractivity contribution in [2.45, 2.75) is 40.3 Å². The lowest BCUT2D eigenvalue weighted by Gasteiger charge is -2.26. The number of thiazole rings is 1. The summed E-state index contributed by atoms with van der Waals surface area (Å²) < 4.78 is 25.0. The van der Waals surface area contributed by atoms with E-state index in [1.807, 2.05) is 61.5 Å². The molecule has 0 saturated carbocycles. The summed E-state index contributed by atoms with van der Waals surface area (Å²) in [6.07, 6.45) is 1.82. The smallest absolute Gasteiger partial charge is 0.338 e. The molecule has 1 atom stereocenters. The van der Waals surface area contributed by atoms with E-state index in [2.05, 4.69) is 24.0 Å². The molecular formula is C34H34N2O6S. The van der Waals surface area contributed by atoms with Gasteiger partial charge in [0.2, 0.25) is 0 Å². The summed E-state index contributed by atoms with van der Waals surface area (Å²) in [5.41, 5.74) is 4.23. The summed E-state index contributed by atoms with van der Waals surface area (Å²) in [6, 6.07) is 20.4. The van der Waals surface area contributed by atoms with Crippen molar-refractivity contribution in [2.75, 3.05) is 20.3 Å². The maximum Gasteiger partial charge on any atom is 0.338 e. The molecule has 0 radical (unpaired) electrons. The lowest BCUT2D eigenvalue weighted by Crippen LogP contribution is -2.40. The van der Waals surface area contributed by atoms with Crippen LogP contribution >= 0.6 is 11.3 Å². The molecule has 222 valence electrons. The highest BCUT2D eigenvalue weighted by molar-refractivity contribution is 7.07. The first kappa shape index (κ1) is 29.8. The van der Waals surface area contributed by atoms with Gasteiger partial charge in [-0.3, -0.25) is 9.36 Å². The third kappa shape index (κ3) is 6.27. The van der Waals surface area contributed by atoms with Gasteiger partial charge in [-0.05, 0) is 63.1 Å². The third-order valence-electron chi connectivity index (χ3n) is 7.00. The van der Waals surface area contributed by atoms with E-state index in [9.17, 15) is 9.59 Å². The molecule has 3 aromatic carbocycles. The minimum absolute atomic E-state index is 0.188. The van der Waals surface area contributed by atoms with Gasteiger partial charge in [-0.25, -0.2) is 9.79 Å². The minimum Gasteiger partial charge on any atom is -0.493 e. The van der Waals surface area contributed by atoms with Crippen molar-refractivity contribution in [3.63, 3.8) is 0 Å². The summed E-state index contributed by atoms with van der Waals surface area (Å²) in [6.45, 7) is 8.45. The number of aromatic nitrogens is 1. The van der Waals surface area contributed by atoms with Gasteiger partial charge in [-0.15, -0.1) is 0 Å². The minimum atomic E-state index is -0.813. The van der Waals surface area contributed by atoms with Gasteiger partial charge in [0, 0.05) is 5.56 Å². The number of ether oxygens (including phenoxy) is 4. The SMILES string of the molecule is CCOC(=O)C1=C(C)N=c2s/c(=C/c3ccc(OCc4cccc(C)c4)cc3)c(=O)n2[C@H]1c1cccc(OC)c1OCC. The third-order valence-corrected chi connectivity index (χ3v) is 7.98. The van der Waals surface area contributed by atoms with Crippen molar-refractivity contribution in [3.05, 3.63) is 120 Å². The Bertz CT molecular complexity index is 1850. The number of carbonyl (C=O) groups excluding carboxylic acids is 1. The molecule has 0 unspecified atom stereocenters. The molecule has 5 rings (SSSR count). The van der Waals surface area contributed by atoms with E-state index >= 15 is 0 Å². The van der Waals surface area contributed by atoms with Crippen LogP contribution in [-0.2, 0) is 16.1 Å². The molecule has 0 spiro atoms. The number of methoxy groups -OCH3 is 1. The quantitative estimate of drug-likeness (QED) is 0.236. The molecule has 0 fully saturated rings. The molecule has 1 aromatic heterocycles. The van der Waals surface area contributed by atoms with Gasteiger partial charge in [0.05, 0.1) is 36.1 Å². The fourth-order valence-electron chi connectivity index (χ4n) is 5.07. The van der Waals surface area contributed by atoms with Gasteiger partial charge < -0.3 is 18.9 Å². The second kappa shape index (κ2) is 13.1. The lowest BCUT2D eigenvalue weighted by atomic mass is 9.94. The monoisotopic (exact) mass is 598 g/mol. The number of hydrogen-bond donors (Lipinski definition) is 0. The number of esters is 1. The Morgan fingerprint density at radius 3 is 2.47 bits per heavy atom. The average molecular weight is 599 g/mol. The van der Waals surface area contributed by atoms with Crippen molar-refractivity contribution in [3.8, 4) is 17.2 Å². The molecule has 43 heavy (non-hydrogen) atoms. The summed E-state index contributed by atoms with van der Waals surface area (Å²) in [7, 11) is 1.55. The first-order valence-electron chi connectivity index (χ1n) is 14.1. The van der Waals surface area contributed by atoms with Gasteiger partial charge in [0.1, 0.15) is 18.4 Å². The molecule has 8 nitrogen and oxygen atoms in total. The molecule has 0 N–H and O–H groups in total. The van der Waals surface area contributed by atoms with Crippen LogP contribution in [0.2, 0.25) is 0 Å².